The Bertz CT molecular complexity index is 1440. The minimum atomic E-state index is -0.148. The van der Waals surface area contributed by atoms with Crippen molar-refractivity contribution in [2.24, 2.45) is 0 Å². The molecule has 164 valence electrons. The lowest BCUT2D eigenvalue weighted by Crippen LogP contribution is -2.27. The third-order valence-electron chi connectivity index (χ3n) is 5.87. The van der Waals surface area contributed by atoms with Gasteiger partial charge in [-0.05, 0) is 46.7 Å². The van der Waals surface area contributed by atoms with Gasteiger partial charge in [0.2, 0.25) is 0 Å². The highest BCUT2D eigenvalue weighted by atomic mass is 16.5. The Morgan fingerprint density at radius 1 is 0.909 bits per heavy atom. The van der Waals surface area contributed by atoms with Crippen molar-refractivity contribution in [3.05, 3.63) is 108 Å². The average molecular weight is 436 g/mol. The van der Waals surface area contributed by atoms with Crippen LogP contribution in [0, 0.1) is 0 Å². The zero-order chi connectivity index (χ0) is 22.6. The van der Waals surface area contributed by atoms with Crippen molar-refractivity contribution in [1.82, 2.24) is 14.9 Å². The van der Waals surface area contributed by atoms with Crippen LogP contribution in [-0.2, 0) is 13.0 Å². The highest BCUT2D eigenvalue weighted by molar-refractivity contribution is 5.96. The number of benzene rings is 4. The number of ether oxygens (including phenoxy) is 1. The molecule has 5 heteroatoms. The summed E-state index contributed by atoms with van der Waals surface area (Å²) in [4.78, 5) is 17.5. The molecule has 0 aliphatic carbocycles. The number of aromatic nitrogens is 2. The minimum Gasteiger partial charge on any atom is -0.496 e. The minimum absolute atomic E-state index is 0.148. The standard InChI is InChI=1S/C28H25N3O2/c1-33-26-13-7-4-10-23(26)28(32)29-17-16-27-30-24-11-5-6-12-25(24)31(27)19-20-14-15-21-8-2-3-9-22(21)18-20/h2-15,18H,16-17,19H2,1H3,(H,29,32). The zero-order valence-electron chi connectivity index (χ0n) is 18.5. The van der Waals surface area contributed by atoms with E-state index in [2.05, 4.69) is 58.4 Å². The number of hydrogen-bond donors (Lipinski definition) is 1. The number of carbonyl (C=O) groups is 1. The number of hydrogen-bond acceptors (Lipinski definition) is 3. The summed E-state index contributed by atoms with van der Waals surface area (Å²) in [7, 11) is 1.57. The molecule has 0 radical (unpaired) electrons. The van der Waals surface area contributed by atoms with E-state index >= 15 is 0 Å². The van der Waals surface area contributed by atoms with E-state index in [1.54, 1.807) is 19.2 Å². The number of carbonyl (C=O) groups excluding carboxylic acids is 1. The van der Waals surface area contributed by atoms with Gasteiger partial charge in [0.25, 0.3) is 5.91 Å². The summed E-state index contributed by atoms with van der Waals surface area (Å²) in [5.41, 5.74) is 3.81. The highest BCUT2D eigenvalue weighted by Crippen LogP contribution is 2.21. The number of fused-ring (bicyclic) bond motifs is 2. The fourth-order valence-corrected chi connectivity index (χ4v) is 4.23. The molecular weight excluding hydrogens is 410 g/mol. The Labute approximate surface area is 192 Å². The van der Waals surface area contributed by atoms with Crippen LogP contribution in [0.25, 0.3) is 21.8 Å². The van der Waals surface area contributed by atoms with Crippen LogP contribution in [0.3, 0.4) is 0 Å². The first kappa shape index (κ1) is 20.8. The van der Waals surface area contributed by atoms with Gasteiger partial charge in [-0.15, -0.1) is 0 Å². The second kappa shape index (κ2) is 9.17. The largest absolute Gasteiger partial charge is 0.496 e. The Kier molecular flexibility index (Phi) is 5.77. The number of methoxy groups -OCH3 is 1. The van der Waals surface area contributed by atoms with E-state index in [4.69, 9.17) is 9.72 Å². The molecule has 5 aromatic rings. The predicted octanol–water partition coefficient (Wildman–Crippen LogP) is 5.22. The molecule has 1 heterocycles. The first-order valence-electron chi connectivity index (χ1n) is 11.1. The second-order valence-electron chi connectivity index (χ2n) is 7.99. The molecule has 5 nitrogen and oxygen atoms in total. The van der Waals surface area contributed by atoms with Crippen molar-refractivity contribution in [2.45, 2.75) is 13.0 Å². The summed E-state index contributed by atoms with van der Waals surface area (Å²) in [5.74, 6) is 1.37. The Morgan fingerprint density at radius 2 is 1.67 bits per heavy atom. The molecule has 1 N–H and O–H groups in total. The van der Waals surface area contributed by atoms with Gasteiger partial charge in [-0.25, -0.2) is 4.98 Å². The van der Waals surface area contributed by atoms with Crippen LogP contribution in [0.1, 0.15) is 21.7 Å². The van der Waals surface area contributed by atoms with Gasteiger partial charge in [-0.1, -0.05) is 60.7 Å². The predicted molar refractivity (Wildman–Crippen MR) is 132 cm³/mol. The van der Waals surface area contributed by atoms with Gasteiger partial charge in [0.1, 0.15) is 11.6 Å². The van der Waals surface area contributed by atoms with E-state index in [9.17, 15) is 4.79 Å². The molecule has 0 atom stereocenters. The molecule has 1 amide bonds. The Morgan fingerprint density at radius 3 is 2.55 bits per heavy atom. The van der Waals surface area contributed by atoms with Gasteiger partial charge in [-0.2, -0.15) is 0 Å². The topological polar surface area (TPSA) is 56.1 Å². The van der Waals surface area contributed by atoms with Crippen molar-refractivity contribution >= 4 is 27.7 Å². The van der Waals surface area contributed by atoms with Crippen molar-refractivity contribution in [3.63, 3.8) is 0 Å². The fourth-order valence-electron chi connectivity index (χ4n) is 4.23. The molecule has 0 spiro atoms. The van der Waals surface area contributed by atoms with Crippen molar-refractivity contribution in [3.8, 4) is 5.75 Å². The molecule has 0 aliphatic heterocycles. The van der Waals surface area contributed by atoms with E-state index in [0.717, 1.165) is 23.4 Å². The van der Waals surface area contributed by atoms with Crippen molar-refractivity contribution in [1.29, 1.82) is 0 Å². The summed E-state index contributed by atoms with van der Waals surface area (Å²) in [6.45, 7) is 1.21. The smallest absolute Gasteiger partial charge is 0.255 e. The van der Waals surface area contributed by atoms with E-state index in [0.29, 0.717) is 24.3 Å². The number of imidazole rings is 1. The number of nitrogens with zero attached hydrogens (tertiary/aromatic N) is 2. The monoisotopic (exact) mass is 435 g/mol. The molecule has 0 saturated heterocycles. The molecule has 0 aliphatic rings. The number of rotatable bonds is 7. The van der Waals surface area contributed by atoms with Crippen LogP contribution < -0.4 is 10.1 Å². The van der Waals surface area contributed by atoms with Gasteiger partial charge in [0.15, 0.2) is 0 Å². The normalized spacial score (nSPS) is 11.1. The van der Waals surface area contributed by atoms with Crippen LogP contribution in [0.4, 0.5) is 0 Å². The molecule has 4 aromatic carbocycles. The van der Waals surface area contributed by atoms with Crippen molar-refractivity contribution < 1.29 is 9.53 Å². The van der Waals surface area contributed by atoms with Gasteiger partial charge >= 0.3 is 0 Å². The quantitative estimate of drug-likeness (QED) is 0.381. The lowest BCUT2D eigenvalue weighted by molar-refractivity contribution is 0.0951. The molecule has 0 saturated carbocycles. The molecule has 1 aromatic heterocycles. The Hall–Kier alpha value is -4.12. The zero-order valence-corrected chi connectivity index (χ0v) is 18.5. The molecule has 33 heavy (non-hydrogen) atoms. The second-order valence-corrected chi connectivity index (χ2v) is 7.99. The van der Waals surface area contributed by atoms with Gasteiger partial charge in [0, 0.05) is 19.5 Å². The first-order valence-corrected chi connectivity index (χ1v) is 11.1. The van der Waals surface area contributed by atoms with E-state index in [1.165, 1.54) is 16.3 Å². The van der Waals surface area contributed by atoms with Crippen LogP contribution in [0.5, 0.6) is 5.75 Å². The fraction of sp³-hybridized carbons (Fsp3) is 0.143. The first-order chi connectivity index (χ1) is 16.2. The van der Waals surface area contributed by atoms with Gasteiger partial charge in [-0.3, -0.25) is 4.79 Å². The lowest BCUT2D eigenvalue weighted by Gasteiger charge is -2.12. The van der Waals surface area contributed by atoms with Crippen LogP contribution in [-0.4, -0.2) is 29.1 Å². The number of nitrogens with one attached hydrogen (secondary N) is 1. The highest BCUT2D eigenvalue weighted by Gasteiger charge is 2.14. The number of para-hydroxylation sites is 3. The molecular formula is C28H25N3O2. The van der Waals surface area contributed by atoms with Gasteiger partial charge in [0.05, 0.1) is 23.7 Å². The summed E-state index contributed by atoms with van der Waals surface area (Å²) < 4.78 is 7.55. The molecule has 0 fully saturated rings. The third kappa shape index (κ3) is 4.30. The van der Waals surface area contributed by atoms with E-state index in [1.807, 2.05) is 30.3 Å². The summed E-state index contributed by atoms with van der Waals surface area (Å²) in [6, 6.07) is 30.4. The SMILES string of the molecule is COc1ccccc1C(=O)NCCc1nc2ccccc2n1Cc1ccc2ccccc2c1. The van der Waals surface area contributed by atoms with Crippen LogP contribution >= 0.6 is 0 Å². The Balaban J connectivity index is 1.38. The van der Waals surface area contributed by atoms with E-state index < -0.39 is 0 Å². The maximum absolute atomic E-state index is 12.7. The van der Waals surface area contributed by atoms with Gasteiger partial charge < -0.3 is 14.6 Å². The summed E-state index contributed by atoms with van der Waals surface area (Å²) in [6.07, 6.45) is 0.628. The van der Waals surface area contributed by atoms with Crippen LogP contribution in [0.15, 0.2) is 91.0 Å². The molecule has 0 unspecified atom stereocenters. The third-order valence-corrected chi connectivity index (χ3v) is 5.87. The average Bonchev–Trinajstić information content (AvgIpc) is 3.21. The summed E-state index contributed by atoms with van der Waals surface area (Å²) in [5, 5.41) is 5.47. The van der Waals surface area contributed by atoms with Crippen LogP contribution in [0.2, 0.25) is 0 Å². The number of amides is 1. The molecule has 0 bridgehead atoms. The summed E-state index contributed by atoms with van der Waals surface area (Å²) >= 11 is 0. The van der Waals surface area contributed by atoms with Crippen molar-refractivity contribution in [2.75, 3.05) is 13.7 Å². The maximum Gasteiger partial charge on any atom is 0.255 e. The lowest BCUT2D eigenvalue weighted by atomic mass is 10.1. The maximum atomic E-state index is 12.7. The molecule has 5 rings (SSSR count). The van der Waals surface area contributed by atoms with E-state index in [-0.39, 0.29) is 5.91 Å².